The molecule has 7 nitrogen and oxygen atoms in total. The number of carboxylic acids is 1. The monoisotopic (exact) mass is 467 g/mol. The molecule has 2 aliphatic carbocycles. The van der Waals surface area contributed by atoms with Crippen molar-refractivity contribution in [3.8, 4) is 17.0 Å². The van der Waals surface area contributed by atoms with Crippen molar-refractivity contribution in [1.29, 1.82) is 0 Å². The highest BCUT2D eigenvalue weighted by Crippen LogP contribution is 2.50. The van der Waals surface area contributed by atoms with Crippen LogP contribution in [0, 0.1) is 5.41 Å². The summed E-state index contributed by atoms with van der Waals surface area (Å²) < 4.78 is 60.3. The van der Waals surface area contributed by atoms with E-state index < -0.39 is 17.9 Å². The summed E-state index contributed by atoms with van der Waals surface area (Å²) in [6.45, 7) is 0.794. The smallest absolute Gasteiger partial charge is 0.479 e. The van der Waals surface area contributed by atoms with E-state index in [1.165, 1.54) is 18.2 Å². The van der Waals surface area contributed by atoms with Crippen LogP contribution in [-0.4, -0.2) is 41.4 Å². The van der Waals surface area contributed by atoms with E-state index in [0.29, 0.717) is 50.2 Å². The molecule has 1 aromatic heterocycles. The van der Waals surface area contributed by atoms with Gasteiger partial charge >= 0.3 is 12.3 Å². The van der Waals surface area contributed by atoms with E-state index in [4.69, 9.17) is 14.0 Å². The Labute approximate surface area is 187 Å². The van der Waals surface area contributed by atoms with Gasteiger partial charge in [-0.2, -0.15) is 0 Å². The summed E-state index contributed by atoms with van der Waals surface area (Å²) in [6.07, 6.45) is -0.711. The van der Waals surface area contributed by atoms with E-state index in [-0.39, 0.29) is 34.9 Å². The Kier molecular flexibility index (Phi) is 5.40. The summed E-state index contributed by atoms with van der Waals surface area (Å²) in [4.78, 5) is 11.5. The van der Waals surface area contributed by atoms with Gasteiger partial charge in [0.15, 0.2) is 5.60 Å². The van der Waals surface area contributed by atoms with Gasteiger partial charge in [0.05, 0.1) is 19.8 Å². The minimum atomic E-state index is -4.83. The maximum atomic E-state index is 12.9. The fraction of sp³-hybridized carbons (Fsp3) is 0.565. The molecule has 2 bridgehead atoms. The number of ether oxygens (including phenoxy) is 3. The van der Waals surface area contributed by atoms with Crippen LogP contribution in [0.1, 0.15) is 55.8 Å². The Bertz CT molecular complexity index is 1020. The van der Waals surface area contributed by atoms with Gasteiger partial charge in [-0.3, -0.25) is 0 Å². The SMILES string of the molecule is O=C(O)C12CCC(COCc3c(-c4ccccc4OC(F)(F)F)noc3C3CC3)(CC1)CO2. The third-order valence-corrected chi connectivity index (χ3v) is 6.95. The van der Waals surface area contributed by atoms with Crippen LogP contribution >= 0.6 is 0 Å². The van der Waals surface area contributed by atoms with Crippen LogP contribution in [0.4, 0.5) is 13.2 Å². The molecule has 1 N–H and O–H groups in total. The maximum Gasteiger partial charge on any atom is 0.573 e. The number of carboxylic acid groups (broad SMARTS) is 1. The number of hydrogen-bond donors (Lipinski definition) is 1. The van der Waals surface area contributed by atoms with Crippen molar-refractivity contribution >= 4 is 5.97 Å². The van der Waals surface area contributed by atoms with E-state index in [1.54, 1.807) is 6.07 Å². The molecule has 2 aliphatic heterocycles. The number of aromatic nitrogens is 1. The molecule has 178 valence electrons. The van der Waals surface area contributed by atoms with E-state index in [2.05, 4.69) is 9.89 Å². The highest BCUT2D eigenvalue weighted by Gasteiger charge is 2.54. The van der Waals surface area contributed by atoms with Crippen molar-refractivity contribution in [2.45, 2.75) is 63.0 Å². The number of benzene rings is 1. The van der Waals surface area contributed by atoms with Gasteiger partial charge in [0.1, 0.15) is 17.2 Å². The second-order valence-electron chi connectivity index (χ2n) is 9.27. The molecule has 4 aliphatic rings. The number of para-hydroxylation sites is 1. The topological polar surface area (TPSA) is 91.0 Å². The highest BCUT2D eigenvalue weighted by molar-refractivity contribution is 5.78. The number of hydrogen-bond acceptors (Lipinski definition) is 6. The van der Waals surface area contributed by atoms with Gasteiger partial charge in [0.2, 0.25) is 0 Å². The Balaban J connectivity index is 1.34. The zero-order valence-electron chi connectivity index (χ0n) is 17.8. The first kappa shape index (κ1) is 22.2. The lowest BCUT2D eigenvalue weighted by Gasteiger charge is -2.50. The molecule has 2 aromatic rings. The van der Waals surface area contributed by atoms with Crippen molar-refractivity contribution in [3.63, 3.8) is 0 Å². The van der Waals surface area contributed by atoms with Gasteiger partial charge < -0.3 is 23.8 Å². The molecular weight excluding hydrogens is 443 g/mol. The lowest BCUT2D eigenvalue weighted by atomic mass is 9.66. The third-order valence-electron chi connectivity index (χ3n) is 6.95. The van der Waals surface area contributed by atoms with Gasteiger partial charge in [0.25, 0.3) is 0 Å². The van der Waals surface area contributed by atoms with Crippen molar-refractivity contribution < 1.29 is 41.8 Å². The summed E-state index contributed by atoms with van der Waals surface area (Å²) in [5, 5.41) is 13.5. The van der Waals surface area contributed by atoms with Crippen LogP contribution in [-0.2, 0) is 20.9 Å². The average Bonchev–Trinajstić information content (AvgIpc) is 3.54. The Hall–Kier alpha value is -2.59. The fourth-order valence-electron chi connectivity index (χ4n) is 4.81. The maximum absolute atomic E-state index is 12.9. The fourth-order valence-corrected chi connectivity index (χ4v) is 4.81. The molecule has 0 spiro atoms. The zero-order valence-corrected chi connectivity index (χ0v) is 17.8. The molecule has 3 heterocycles. The number of carbonyl (C=O) groups is 1. The minimum Gasteiger partial charge on any atom is -0.479 e. The zero-order chi connectivity index (χ0) is 23.3. The van der Waals surface area contributed by atoms with Crippen LogP contribution in [0.15, 0.2) is 28.8 Å². The lowest BCUT2D eigenvalue weighted by Crippen LogP contribution is -2.56. The van der Waals surface area contributed by atoms with Crippen LogP contribution in [0.3, 0.4) is 0 Å². The molecule has 0 amide bonds. The quantitative estimate of drug-likeness (QED) is 0.581. The van der Waals surface area contributed by atoms with Crippen molar-refractivity contribution in [2.75, 3.05) is 13.2 Å². The van der Waals surface area contributed by atoms with Crippen LogP contribution < -0.4 is 4.74 Å². The molecule has 0 unspecified atom stereocenters. The first-order chi connectivity index (χ1) is 15.7. The summed E-state index contributed by atoms with van der Waals surface area (Å²) in [7, 11) is 0. The molecule has 1 aromatic carbocycles. The lowest BCUT2D eigenvalue weighted by molar-refractivity contribution is -0.274. The van der Waals surface area contributed by atoms with Gasteiger partial charge in [-0.15, -0.1) is 13.2 Å². The van der Waals surface area contributed by atoms with Crippen LogP contribution in [0.2, 0.25) is 0 Å². The van der Waals surface area contributed by atoms with Crippen LogP contribution in [0.25, 0.3) is 11.3 Å². The van der Waals surface area contributed by atoms with Crippen molar-refractivity contribution in [3.05, 3.63) is 35.6 Å². The van der Waals surface area contributed by atoms with E-state index in [0.717, 1.165) is 12.8 Å². The number of halogens is 3. The molecule has 4 fully saturated rings. The van der Waals surface area contributed by atoms with E-state index in [9.17, 15) is 23.1 Å². The normalized spacial score (nSPS) is 27.0. The predicted molar refractivity (Wildman–Crippen MR) is 107 cm³/mol. The van der Waals surface area contributed by atoms with Gasteiger partial charge in [0, 0.05) is 22.5 Å². The van der Waals surface area contributed by atoms with Gasteiger partial charge in [-0.1, -0.05) is 17.3 Å². The van der Waals surface area contributed by atoms with Crippen LogP contribution in [0.5, 0.6) is 5.75 Å². The standard InChI is InChI=1S/C23H24F3NO6/c24-23(25,26)32-17-4-2-1-3-15(17)18-16(19(33-27-18)14-5-6-14)11-30-12-21-7-9-22(10-8-21,20(28)29)31-13-21/h1-4,14H,5-13H2,(H,28,29). The summed E-state index contributed by atoms with van der Waals surface area (Å²) in [5.74, 6) is -0.446. The Morgan fingerprint density at radius 3 is 2.52 bits per heavy atom. The molecule has 2 saturated heterocycles. The number of rotatable bonds is 8. The highest BCUT2D eigenvalue weighted by atomic mass is 19.4. The molecular formula is C23H24F3NO6. The summed E-state index contributed by atoms with van der Waals surface area (Å²) in [6, 6.07) is 5.84. The second-order valence-corrected chi connectivity index (χ2v) is 9.27. The van der Waals surface area contributed by atoms with Gasteiger partial charge in [-0.25, -0.2) is 4.79 Å². The molecule has 0 radical (unpaired) electrons. The predicted octanol–water partition coefficient (Wildman–Crippen LogP) is 5.05. The van der Waals surface area contributed by atoms with E-state index in [1.807, 2.05) is 0 Å². The molecule has 2 saturated carbocycles. The number of nitrogens with zero attached hydrogens (tertiary/aromatic N) is 1. The van der Waals surface area contributed by atoms with Crippen molar-refractivity contribution in [1.82, 2.24) is 5.16 Å². The third kappa shape index (κ3) is 4.33. The molecule has 6 rings (SSSR count). The molecule has 33 heavy (non-hydrogen) atoms. The molecule has 10 heteroatoms. The van der Waals surface area contributed by atoms with Crippen molar-refractivity contribution in [2.24, 2.45) is 5.41 Å². The average molecular weight is 467 g/mol. The Morgan fingerprint density at radius 1 is 1.18 bits per heavy atom. The number of alkyl halides is 3. The van der Waals surface area contributed by atoms with Gasteiger partial charge in [-0.05, 0) is 50.7 Å². The molecule has 0 atom stereocenters. The number of aliphatic carboxylic acids is 1. The first-order valence-corrected chi connectivity index (χ1v) is 11.0. The first-order valence-electron chi connectivity index (χ1n) is 11.0. The second kappa shape index (κ2) is 8.02. The number of fused-ring (bicyclic) bond motifs is 3. The summed E-state index contributed by atoms with van der Waals surface area (Å²) >= 11 is 0. The van der Waals surface area contributed by atoms with E-state index >= 15 is 0 Å². The summed E-state index contributed by atoms with van der Waals surface area (Å²) in [5.41, 5.74) is -0.245. The largest absolute Gasteiger partial charge is 0.573 e. The Morgan fingerprint density at radius 2 is 1.91 bits per heavy atom. The minimum absolute atomic E-state index is 0.122.